The van der Waals surface area contributed by atoms with Crippen LogP contribution >= 0.6 is 0 Å². The Bertz CT molecular complexity index is 555. The van der Waals surface area contributed by atoms with E-state index in [1.807, 2.05) is 0 Å². The van der Waals surface area contributed by atoms with Crippen molar-refractivity contribution in [2.45, 2.75) is 20.3 Å². The molecule has 0 radical (unpaired) electrons. The Kier molecular flexibility index (Phi) is 5.29. The van der Waals surface area contributed by atoms with E-state index in [4.69, 9.17) is 10.8 Å². The summed E-state index contributed by atoms with van der Waals surface area (Å²) in [6.07, 6.45) is 0.303. The number of hydrogen-bond acceptors (Lipinski definition) is 3. The summed E-state index contributed by atoms with van der Waals surface area (Å²) in [6, 6.07) is 5.75. The number of carbonyl (C=O) groups excluding carboxylic acids is 2. The number of amides is 3. The number of carboxylic acids is 1. The van der Waals surface area contributed by atoms with Gasteiger partial charge >= 0.3 is 12.0 Å². The number of hydrogen-bond donors (Lipinski definition) is 4. The fraction of sp³-hybridized carbons (Fsp3) is 0.357. The minimum absolute atomic E-state index is 0.223. The summed E-state index contributed by atoms with van der Waals surface area (Å²) in [5.41, 5.74) is 4.97. The summed E-state index contributed by atoms with van der Waals surface area (Å²) in [5.74, 6) is -1.50. The Hall–Kier alpha value is -2.57. The molecule has 0 aliphatic carbocycles. The first kappa shape index (κ1) is 16.5. The van der Waals surface area contributed by atoms with E-state index in [-0.39, 0.29) is 6.54 Å². The standard InChI is InChI=1S/C14H19N3O4/c1-14(2,12(19)20)6-7-16-13(21)17-10-5-3-4-9(8-10)11(15)18/h3-5,8H,6-7H2,1-2H3,(H2,15,18)(H,19,20)(H2,16,17,21). The molecule has 1 rings (SSSR count). The van der Waals surface area contributed by atoms with Gasteiger partial charge in [-0.15, -0.1) is 0 Å². The molecule has 0 unspecified atom stereocenters. The van der Waals surface area contributed by atoms with Crippen molar-refractivity contribution in [1.82, 2.24) is 5.32 Å². The lowest BCUT2D eigenvalue weighted by Crippen LogP contribution is -2.34. The third kappa shape index (κ3) is 5.13. The summed E-state index contributed by atoms with van der Waals surface area (Å²) in [6.45, 7) is 3.40. The Morgan fingerprint density at radius 3 is 2.52 bits per heavy atom. The molecule has 0 aromatic heterocycles. The number of anilines is 1. The van der Waals surface area contributed by atoms with Gasteiger partial charge in [0.1, 0.15) is 0 Å². The number of aliphatic carboxylic acids is 1. The first-order valence-corrected chi connectivity index (χ1v) is 6.40. The lowest BCUT2D eigenvalue weighted by atomic mass is 9.90. The van der Waals surface area contributed by atoms with Gasteiger partial charge < -0.3 is 21.5 Å². The van der Waals surface area contributed by atoms with Crippen LogP contribution in [0.5, 0.6) is 0 Å². The maximum Gasteiger partial charge on any atom is 0.319 e. The molecule has 0 heterocycles. The summed E-state index contributed by atoms with van der Waals surface area (Å²) in [7, 11) is 0. The Morgan fingerprint density at radius 1 is 1.29 bits per heavy atom. The van der Waals surface area contributed by atoms with Gasteiger partial charge in [-0.25, -0.2) is 4.79 Å². The van der Waals surface area contributed by atoms with Crippen molar-refractivity contribution >= 4 is 23.6 Å². The number of carboxylic acid groups (broad SMARTS) is 1. The Morgan fingerprint density at radius 2 is 1.95 bits per heavy atom. The zero-order valence-corrected chi connectivity index (χ0v) is 12.0. The van der Waals surface area contributed by atoms with E-state index in [9.17, 15) is 14.4 Å². The predicted octanol–water partition coefficient (Wildman–Crippen LogP) is 1.41. The molecule has 7 heteroatoms. The van der Waals surface area contributed by atoms with Gasteiger partial charge in [0.2, 0.25) is 5.91 Å². The molecular formula is C14H19N3O4. The minimum Gasteiger partial charge on any atom is -0.481 e. The number of nitrogens with one attached hydrogen (secondary N) is 2. The molecule has 1 aromatic rings. The molecule has 0 aliphatic heterocycles. The highest BCUT2D eigenvalue weighted by atomic mass is 16.4. The van der Waals surface area contributed by atoms with Crippen molar-refractivity contribution in [1.29, 1.82) is 0 Å². The third-order valence-electron chi connectivity index (χ3n) is 3.02. The van der Waals surface area contributed by atoms with Crippen molar-refractivity contribution in [3.63, 3.8) is 0 Å². The smallest absolute Gasteiger partial charge is 0.319 e. The van der Waals surface area contributed by atoms with Gasteiger partial charge in [-0.1, -0.05) is 6.07 Å². The number of primary amides is 1. The number of carbonyl (C=O) groups is 3. The van der Waals surface area contributed by atoms with Crippen LogP contribution in [-0.4, -0.2) is 29.6 Å². The molecule has 0 spiro atoms. The van der Waals surface area contributed by atoms with Crippen LogP contribution in [0.2, 0.25) is 0 Å². The van der Waals surface area contributed by atoms with Crippen LogP contribution in [-0.2, 0) is 4.79 Å². The SMILES string of the molecule is CC(C)(CCNC(=O)Nc1cccc(C(N)=O)c1)C(=O)O. The van der Waals surface area contributed by atoms with Crippen molar-refractivity contribution in [3.8, 4) is 0 Å². The van der Waals surface area contributed by atoms with Crippen LogP contribution in [0.3, 0.4) is 0 Å². The predicted molar refractivity (Wildman–Crippen MR) is 78.0 cm³/mol. The van der Waals surface area contributed by atoms with Gasteiger partial charge in [-0.05, 0) is 38.5 Å². The van der Waals surface area contributed by atoms with Crippen molar-refractivity contribution in [2.75, 3.05) is 11.9 Å². The number of rotatable bonds is 6. The van der Waals surface area contributed by atoms with Gasteiger partial charge in [0.15, 0.2) is 0 Å². The molecule has 0 bridgehead atoms. The van der Waals surface area contributed by atoms with Crippen LogP contribution in [0.15, 0.2) is 24.3 Å². The van der Waals surface area contributed by atoms with Gasteiger partial charge in [0.05, 0.1) is 5.41 Å². The largest absolute Gasteiger partial charge is 0.481 e. The molecule has 0 aliphatic rings. The molecule has 0 saturated heterocycles. The quantitative estimate of drug-likeness (QED) is 0.633. The monoisotopic (exact) mass is 293 g/mol. The highest BCUT2D eigenvalue weighted by Crippen LogP contribution is 2.19. The summed E-state index contributed by atoms with van der Waals surface area (Å²) in [5, 5.41) is 14.1. The van der Waals surface area contributed by atoms with Crippen molar-refractivity contribution < 1.29 is 19.5 Å². The van der Waals surface area contributed by atoms with Crippen molar-refractivity contribution in [3.05, 3.63) is 29.8 Å². The van der Waals surface area contributed by atoms with Gasteiger partial charge in [0, 0.05) is 17.8 Å². The normalized spacial score (nSPS) is 10.8. The van der Waals surface area contributed by atoms with Crippen molar-refractivity contribution in [2.24, 2.45) is 11.1 Å². The lowest BCUT2D eigenvalue weighted by molar-refractivity contribution is -0.147. The summed E-state index contributed by atoms with van der Waals surface area (Å²) >= 11 is 0. The topological polar surface area (TPSA) is 122 Å². The molecule has 5 N–H and O–H groups in total. The minimum atomic E-state index is -0.918. The van der Waals surface area contributed by atoms with E-state index in [1.165, 1.54) is 6.07 Å². The molecule has 0 atom stereocenters. The van der Waals surface area contributed by atoms with Gasteiger partial charge in [-0.3, -0.25) is 9.59 Å². The second-order valence-corrected chi connectivity index (χ2v) is 5.26. The maximum atomic E-state index is 11.7. The molecule has 0 fully saturated rings. The van der Waals surface area contributed by atoms with Gasteiger partial charge in [0.25, 0.3) is 0 Å². The molecule has 0 saturated carbocycles. The van der Waals surface area contributed by atoms with Crippen LogP contribution in [0.1, 0.15) is 30.6 Å². The second-order valence-electron chi connectivity index (χ2n) is 5.26. The average Bonchev–Trinajstić information content (AvgIpc) is 2.38. The molecular weight excluding hydrogens is 274 g/mol. The number of nitrogens with two attached hydrogens (primary N) is 1. The van der Waals surface area contributed by atoms with Crippen LogP contribution < -0.4 is 16.4 Å². The lowest BCUT2D eigenvalue weighted by Gasteiger charge is -2.19. The highest BCUT2D eigenvalue weighted by Gasteiger charge is 2.26. The fourth-order valence-electron chi connectivity index (χ4n) is 1.52. The molecule has 21 heavy (non-hydrogen) atoms. The third-order valence-corrected chi connectivity index (χ3v) is 3.02. The molecule has 3 amide bonds. The van der Waals surface area contributed by atoms with E-state index in [1.54, 1.807) is 32.0 Å². The van der Waals surface area contributed by atoms with E-state index in [0.717, 1.165) is 0 Å². The Labute approximate surface area is 122 Å². The number of benzene rings is 1. The van der Waals surface area contributed by atoms with Gasteiger partial charge in [-0.2, -0.15) is 0 Å². The molecule has 114 valence electrons. The van der Waals surface area contributed by atoms with Crippen LogP contribution in [0.4, 0.5) is 10.5 Å². The summed E-state index contributed by atoms with van der Waals surface area (Å²) in [4.78, 5) is 33.6. The zero-order valence-electron chi connectivity index (χ0n) is 12.0. The fourth-order valence-corrected chi connectivity index (χ4v) is 1.52. The first-order valence-electron chi connectivity index (χ1n) is 6.40. The Balaban J connectivity index is 2.49. The zero-order chi connectivity index (χ0) is 16.0. The van der Waals surface area contributed by atoms with E-state index in [2.05, 4.69) is 10.6 Å². The first-order chi connectivity index (χ1) is 9.72. The highest BCUT2D eigenvalue weighted by molar-refractivity contribution is 5.95. The summed E-state index contributed by atoms with van der Waals surface area (Å²) < 4.78 is 0. The van der Waals surface area contributed by atoms with E-state index in [0.29, 0.717) is 17.7 Å². The molecule has 7 nitrogen and oxygen atoms in total. The van der Waals surface area contributed by atoms with Crippen LogP contribution in [0, 0.1) is 5.41 Å². The maximum absolute atomic E-state index is 11.7. The van der Waals surface area contributed by atoms with E-state index < -0.39 is 23.3 Å². The number of urea groups is 1. The average molecular weight is 293 g/mol. The molecule has 1 aromatic carbocycles. The van der Waals surface area contributed by atoms with E-state index >= 15 is 0 Å². The second kappa shape index (κ2) is 6.74. The van der Waals surface area contributed by atoms with Crippen LogP contribution in [0.25, 0.3) is 0 Å².